The summed E-state index contributed by atoms with van der Waals surface area (Å²) in [5.74, 6) is -0.309. The molecule has 2 heterocycles. The number of sulfone groups is 2. The van der Waals surface area contributed by atoms with E-state index in [2.05, 4.69) is 4.90 Å². The number of benzene rings is 2. The van der Waals surface area contributed by atoms with E-state index in [4.69, 9.17) is 4.74 Å². The number of nitrogens with zero attached hydrogens (tertiary/aromatic N) is 2. The van der Waals surface area contributed by atoms with E-state index in [-0.39, 0.29) is 16.2 Å². The first-order valence-corrected chi connectivity index (χ1v) is 13.8. The topological polar surface area (TPSA) is 84.0 Å². The molecule has 0 unspecified atom stereocenters. The average Bonchev–Trinajstić information content (AvgIpc) is 3.12. The van der Waals surface area contributed by atoms with E-state index in [0.29, 0.717) is 26.2 Å². The molecule has 2 aliphatic rings. The van der Waals surface area contributed by atoms with Gasteiger partial charge in [-0.05, 0) is 55.0 Å². The predicted molar refractivity (Wildman–Crippen MR) is 121 cm³/mol. The summed E-state index contributed by atoms with van der Waals surface area (Å²) in [6.07, 6.45) is 0. The Morgan fingerprint density at radius 1 is 1.00 bits per heavy atom. The van der Waals surface area contributed by atoms with E-state index in [9.17, 15) is 21.2 Å². The smallest absolute Gasteiger partial charge is 0.183 e. The third-order valence-electron chi connectivity index (χ3n) is 6.35. The Balaban J connectivity index is 1.53. The van der Waals surface area contributed by atoms with Gasteiger partial charge in [0.25, 0.3) is 0 Å². The first kappa shape index (κ1) is 23.0. The highest BCUT2D eigenvalue weighted by Gasteiger charge is 2.48. The standard InChI is InChI=1S/C22H27FN2O5S2/c1-16-13-19(7-8-20(16)23)32(28,29)22-15-31(26,27)14-21(22)25-11-9-24(10-12-25)17-3-5-18(30-2)6-4-17/h3-8,13,21-22H,9-12,14-15H2,1-2H3/t21-,22-/m0/s1. The Bertz CT molecular complexity index is 1190. The Kier molecular flexibility index (Phi) is 6.21. The Labute approximate surface area is 188 Å². The number of hydrogen-bond acceptors (Lipinski definition) is 7. The zero-order chi connectivity index (χ0) is 23.1. The number of rotatable bonds is 5. The second-order valence-corrected chi connectivity index (χ2v) is 12.7. The van der Waals surface area contributed by atoms with Crippen LogP contribution in [0.4, 0.5) is 10.1 Å². The van der Waals surface area contributed by atoms with Crippen LogP contribution < -0.4 is 9.64 Å². The lowest BCUT2D eigenvalue weighted by atomic mass is 10.1. The van der Waals surface area contributed by atoms with E-state index in [1.165, 1.54) is 19.1 Å². The van der Waals surface area contributed by atoms with Gasteiger partial charge in [0.05, 0.1) is 28.8 Å². The molecule has 2 atom stereocenters. The highest BCUT2D eigenvalue weighted by Crippen LogP contribution is 2.31. The molecule has 0 amide bonds. The zero-order valence-corrected chi connectivity index (χ0v) is 19.7. The van der Waals surface area contributed by atoms with Crippen molar-refractivity contribution in [3.05, 3.63) is 53.8 Å². The molecule has 2 aliphatic heterocycles. The van der Waals surface area contributed by atoms with Crippen LogP contribution in [0, 0.1) is 12.7 Å². The molecule has 7 nitrogen and oxygen atoms in total. The fourth-order valence-electron chi connectivity index (χ4n) is 4.51. The van der Waals surface area contributed by atoms with Gasteiger partial charge in [-0.15, -0.1) is 0 Å². The first-order valence-electron chi connectivity index (χ1n) is 10.4. The molecule has 0 spiro atoms. The molecule has 2 fully saturated rings. The van der Waals surface area contributed by atoms with Crippen molar-refractivity contribution < 1.29 is 26.0 Å². The number of piperazine rings is 1. The SMILES string of the molecule is COc1ccc(N2CCN([C@H]3CS(=O)(=O)C[C@@H]3S(=O)(=O)c3ccc(F)c(C)c3)CC2)cc1. The van der Waals surface area contributed by atoms with Crippen LogP contribution in [-0.2, 0) is 19.7 Å². The number of halogens is 1. The number of hydrogen-bond donors (Lipinski definition) is 0. The molecular formula is C22H27FN2O5S2. The van der Waals surface area contributed by atoms with Crippen molar-refractivity contribution in [2.24, 2.45) is 0 Å². The van der Waals surface area contributed by atoms with Gasteiger partial charge in [0.2, 0.25) is 0 Å². The first-order chi connectivity index (χ1) is 15.1. The molecule has 2 aromatic rings. The van der Waals surface area contributed by atoms with Gasteiger partial charge < -0.3 is 9.64 Å². The molecule has 0 bridgehead atoms. The van der Waals surface area contributed by atoms with Gasteiger partial charge in [-0.3, -0.25) is 4.90 Å². The minimum atomic E-state index is -3.94. The number of methoxy groups -OCH3 is 1. The molecule has 0 radical (unpaired) electrons. The molecule has 0 aliphatic carbocycles. The monoisotopic (exact) mass is 482 g/mol. The summed E-state index contributed by atoms with van der Waals surface area (Å²) in [5, 5.41) is -1.06. The van der Waals surface area contributed by atoms with Crippen LogP contribution in [-0.4, -0.2) is 77.8 Å². The Hall–Kier alpha value is -2.17. The van der Waals surface area contributed by atoms with Crippen LogP contribution in [0.2, 0.25) is 0 Å². The quantitative estimate of drug-likeness (QED) is 0.602. The molecular weight excluding hydrogens is 455 g/mol. The summed E-state index contributed by atoms with van der Waals surface area (Å²) < 4.78 is 70.5. The van der Waals surface area contributed by atoms with Crippen LogP contribution in [0.25, 0.3) is 0 Å². The van der Waals surface area contributed by atoms with Crippen molar-refractivity contribution >= 4 is 25.4 Å². The maximum absolute atomic E-state index is 13.7. The highest BCUT2D eigenvalue weighted by molar-refractivity contribution is 7.96. The molecule has 4 rings (SSSR count). The van der Waals surface area contributed by atoms with Gasteiger partial charge in [-0.2, -0.15) is 0 Å². The predicted octanol–water partition coefficient (Wildman–Crippen LogP) is 1.90. The second kappa shape index (κ2) is 8.64. The zero-order valence-electron chi connectivity index (χ0n) is 18.1. The van der Waals surface area contributed by atoms with Gasteiger partial charge >= 0.3 is 0 Å². The van der Waals surface area contributed by atoms with Crippen molar-refractivity contribution in [3.8, 4) is 5.75 Å². The van der Waals surface area contributed by atoms with Crippen LogP contribution in [0.1, 0.15) is 5.56 Å². The van der Waals surface area contributed by atoms with E-state index >= 15 is 0 Å². The average molecular weight is 483 g/mol. The van der Waals surface area contributed by atoms with Gasteiger partial charge in [0, 0.05) is 37.9 Å². The summed E-state index contributed by atoms with van der Waals surface area (Å²) in [6, 6.07) is 10.7. The minimum absolute atomic E-state index is 0.0274. The lowest BCUT2D eigenvalue weighted by Crippen LogP contribution is -2.55. The molecule has 0 aromatic heterocycles. The molecule has 32 heavy (non-hydrogen) atoms. The minimum Gasteiger partial charge on any atom is -0.497 e. The molecule has 10 heteroatoms. The van der Waals surface area contributed by atoms with Gasteiger partial charge in [-0.1, -0.05) is 0 Å². The number of anilines is 1. The van der Waals surface area contributed by atoms with Crippen LogP contribution in [0.5, 0.6) is 5.75 Å². The normalized spacial score (nSPS) is 23.9. The molecule has 174 valence electrons. The van der Waals surface area contributed by atoms with E-state index < -0.39 is 42.5 Å². The van der Waals surface area contributed by atoms with Gasteiger partial charge in [-0.25, -0.2) is 21.2 Å². The van der Waals surface area contributed by atoms with E-state index in [1.807, 2.05) is 29.2 Å². The summed E-state index contributed by atoms with van der Waals surface area (Å²) in [4.78, 5) is 4.13. The summed E-state index contributed by atoms with van der Waals surface area (Å²) in [6.45, 7) is 3.92. The van der Waals surface area contributed by atoms with Crippen molar-refractivity contribution in [2.75, 3.05) is 49.7 Å². The maximum Gasteiger partial charge on any atom is 0.183 e. The number of ether oxygens (including phenoxy) is 1. The second-order valence-electron chi connectivity index (χ2n) is 8.36. The van der Waals surface area contributed by atoms with E-state index in [1.54, 1.807) is 7.11 Å². The molecule has 2 aromatic carbocycles. The maximum atomic E-state index is 13.7. The fraction of sp³-hybridized carbons (Fsp3) is 0.455. The fourth-order valence-corrected chi connectivity index (χ4v) is 9.42. The van der Waals surface area contributed by atoms with Gasteiger partial charge in [0.15, 0.2) is 19.7 Å². The third kappa shape index (κ3) is 4.49. The largest absolute Gasteiger partial charge is 0.497 e. The Morgan fingerprint density at radius 3 is 2.25 bits per heavy atom. The molecule has 0 saturated carbocycles. The summed E-state index contributed by atoms with van der Waals surface area (Å²) in [7, 11) is -5.82. The van der Waals surface area contributed by atoms with Crippen molar-refractivity contribution in [3.63, 3.8) is 0 Å². The van der Waals surface area contributed by atoms with Crippen LogP contribution in [0.3, 0.4) is 0 Å². The van der Waals surface area contributed by atoms with Crippen molar-refractivity contribution in [2.45, 2.75) is 23.1 Å². The lowest BCUT2D eigenvalue weighted by Gasteiger charge is -2.40. The van der Waals surface area contributed by atoms with Crippen LogP contribution in [0.15, 0.2) is 47.4 Å². The summed E-state index contributed by atoms with van der Waals surface area (Å²) in [5.41, 5.74) is 1.26. The summed E-state index contributed by atoms with van der Waals surface area (Å²) >= 11 is 0. The molecule has 2 saturated heterocycles. The van der Waals surface area contributed by atoms with Crippen LogP contribution >= 0.6 is 0 Å². The van der Waals surface area contributed by atoms with Crippen molar-refractivity contribution in [1.82, 2.24) is 4.90 Å². The number of aryl methyl sites for hydroxylation is 1. The Morgan fingerprint density at radius 2 is 1.66 bits per heavy atom. The van der Waals surface area contributed by atoms with Crippen molar-refractivity contribution in [1.29, 1.82) is 0 Å². The highest BCUT2D eigenvalue weighted by atomic mass is 32.2. The van der Waals surface area contributed by atoms with Gasteiger partial charge in [0.1, 0.15) is 11.6 Å². The third-order valence-corrected chi connectivity index (χ3v) is 10.5. The lowest BCUT2D eigenvalue weighted by molar-refractivity contribution is 0.201. The molecule has 0 N–H and O–H groups in total. The van der Waals surface area contributed by atoms with E-state index in [0.717, 1.165) is 17.5 Å².